The zero-order valence-corrected chi connectivity index (χ0v) is 13.5. The minimum atomic E-state index is -3.32. The number of nitrogens with zero attached hydrogens (tertiary/aromatic N) is 1. The van der Waals surface area contributed by atoms with Crippen LogP contribution in [0, 0.1) is 0 Å². The zero-order valence-electron chi connectivity index (χ0n) is 10.3. The highest BCUT2D eigenvalue weighted by atomic mass is 79.9. The summed E-state index contributed by atoms with van der Waals surface area (Å²) >= 11 is 4.85. The van der Waals surface area contributed by atoms with Crippen LogP contribution in [0.25, 0.3) is 0 Å². The number of hydrogen-bond donors (Lipinski definition) is 1. The number of hydrogen-bond acceptors (Lipinski definition) is 4. The van der Waals surface area contributed by atoms with Crippen LogP contribution < -0.4 is 5.32 Å². The molecule has 1 saturated heterocycles. The number of thiophene rings is 1. The Hall–Kier alpha value is 0.0500. The largest absolute Gasteiger partial charge is 0.315 e. The van der Waals surface area contributed by atoms with Crippen LogP contribution in [-0.4, -0.2) is 32.9 Å². The molecular weight excluding hydrogens is 336 g/mol. The van der Waals surface area contributed by atoms with Gasteiger partial charge >= 0.3 is 0 Å². The van der Waals surface area contributed by atoms with Gasteiger partial charge in [-0.05, 0) is 41.9 Å². The molecule has 0 radical (unpaired) electrons. The van der Waals surface area contributed by atoms with Crippen LogP contribution in [0.3, 0.4) is 0 Å². The minimum absolute atomic E-state index is 0.416. The predicted octanol–water partition coefficient (Wildman–Crippen LogP) is 2.40. The summed E-state index contributed by atoms with van der Waals surface area (Å²) in [5.41, 5.74) is 0. The molecule has 1 fully saturated rings. The van der Waals surface area contributed by atoms with Crippen molar-refractivity contribution in [2.45, 2.75) is 30.7 Å². The second-order valence-electron chi connectivity index (χ2n) is 4.35. The molecule has 0 aromatic carbocycles. The molecule has 0 aliphatic carbocycles. The van der Waals surface area contributed by atoms with E-state index in [0.29, 0.717) is 28.3 Å². The van der Waals surface area contributed by atoms with Gasteiger partial charge in [0.1, 0.15) is 4.90 Å². The van der Waals surface area contributed by atoms with Crippen molar-refractivity contribution in [2.24, 2.45) is 0 Å². The molecular formula is C11H17BrN2O2S2. The van der Waals surface area contributed by atoms with Crippen molar-refractivity contribution in [1.29, 1.82) is 0 Å². The van der Waals surface area contributed by atoms with E-state index >= 15 is 0 Å². The summed E-state index contributed by atoms with van der Waals surface area (Å²) in [6.45, 7) is 1.98. The summed E-state index contributed by atoms with van der Waals surface area (Å²) in [5, 5.41) is 3.04. The molecule has 0 saturated carbocycles. The van der Waals surface area contributed by atoms with Crippen LogP contribution in [0.5, 0.6) is 0 Å². The van der Waals surface area contributed by atoms with E-state index < -0.39 is 10.0 Å². The number of piperidine rings is 1. The fourth-order valence-corrected chi connectivity index (χ4v) is 6.24. The Labute approximate surface area is 121 Å². The van der Waals surface area contributed by atoms with Gasteiger partial charge in [-0.25, -0.2) is 8.42 Å². The third-order valence-electron chi connectivity index (χ3n) is 2.99. The highest BCUT2D eigenvalue weighted by Crippen LogP contribution is 2.34. The standard InChI is InChI=1S/C11H17BrN2O2S2/c1-13-8-9-7-10(11(12)17-9)18(15,16)14-5-3-2-4-6-14/h7,13H,2-6,8H2,1H3. The van der Waals surface area contributed by atoms with Crippen LogP contribution in [-0.2, 0) is 16.6 Å². The third-order valence-corrected chi connectivity index (χ3v) is 7.14. The Morgan fingerprint density at radius 1 is 1.39 bits per heavy atom. The van der Waals surface area contributed by atoms with Crippen molar-refractivity contribution in [2.75, 3.05) is 20.1 Å². The summed E-state index contributed by atoms with van der Waals surface area (Å²) in [5.74, 6) is 0. The van der Waals surface area contributed by atoms with Gasteiger partial charge in [0.05, 0.1) is 3.79 Å². The molecule has 0 spiro atoms. The van der Waals surface area contributed by atoms with E-state index in [1.807, 2.05) is 7.05 Å². The molecule has 7 heteroatoms. The van der Waals surface area contributed by atoms with Crippen molar-refractivity contribution < 1.29 is 8.42 Å². The quantitative estimate of drug-likeness (QED) is 0.904. The SMILES string of the molecule is CNCc1cc(S(=O)(=O)N2CCCCC2)c(Br)s1. The van der Waals surface area contributed by atoms with Gasteiger partial charge in [0.25, 0.3) is 0 Å². The van der Waals surface area contributed by atoms with Crippen LogP contribution >= 0.6 is 27.3 Å². The lowest BCUT2D eigenvalue weighted by molar-refractivity contribution is 0.346. The van der Waals surface area contributed by atoms with Crippen molar-refractivity contribution in [3.63, 3.8) is 0 Å². The average molecular weight is 353 g/mol. The van der Waals surface area contributed by atoms with E-state index in [-0.39, 0.29) is 0 Å². The highest BCUT2D eigenvalue weighted by Gasteiger charge is 2.29. The Bertz CT molecular complexity index is 507. The van der Waals surface area contributed by atoms with E-state index in [0.717, 1.165) is 24.1 Å². The van der Waals surface area contributed by atoms with Crippen LogP contribution in [0.2, 0.25) is 0 Å². The van der Waals surface area contributed by atoms with Gasteiger partial charge in [-0.2, -0.15) is 4.31 Å². The summed E-state index contributed by atoms with van der Waals surface area (Å²) in [6.07, 6.45) is 3.05. The molecule has 18 heavy (non-hydrogen) atoms. The normalized spacial score (nSPS) is 18.1. The molecule has 102 valence electrons. The number of nitrogens with one attached hydrogen (secondary N) is 1. The lowest BCUT2D eigenvalue weighted by atomic mass is 10.2. The first kappa shape index (κ1) is 14.5. The first-order valence-corrected chi connectivity index (χ1v) is 9.03. The first-order valence-electron chi connectivity index (χ1n) is 5.98. The van der Waals surface area contributed by atoms with Gasteiger partial charge in [-0.15, -0.1) is 11.3 Å². The molecule has 1 aliphatic rings. The van der Waals surface area contributed by atoms with Crippen LogP contribution in [0.4, 0.5) is 0 Å². The van der Waals surface area contributed by atoms with Gasteiger partial charge < -0.3 is 5.32 Å². The molecule has 0 bridgehead atoms. The van der Waals surface area contributed by atoms with Crippen molar-refractivity contribution in [3.8, 4) is 0 Å². The maximum Gasteiger partial charge on any atom is 0.245 e. The van der Waals surface area contributed by atoms with E-state index in [9.17, 15) is 8.42 Å². The fourth-order valence-electron chi connectivity index (χ4n) is 2.08. The van der Waals surface area contributed by atoms with E-state index in [4.69, 9.17) is 0 Å². The summed E-state index contributed by atoms with van der Waals surface area (Å²) in [4.78, 5) is 1.44. The molecule has 0 atom stereocenters. The summed E-state index contributed by atoms with van der Waals surface area (Å²) in [7, 11) is -1.47. The van der Waals surface area contributed by atoms with E-state index in [1.54, 1.807) is 10.4 Å². The maximum atomic E-state index is 12.5. The molecule has 2 heterocycles. The molecule has 0 amide bonds. The van der Waals surface area contributed by atoms with Gasteiger partial charge in [-0.3, -0.25) is 0 Å². The molecule has 1 aromatic rings. The molecule has 1 N–H and O–H groups in total. The predicted molar refractivity (Wildman–Crippen MR) is 77.4 cm³/mol. The minimum Gasteiger partial charge on any atom is -0.315 e. The molecule has 0 unspecified atom stereocenters. The molecule has 1 aromatic heterocycles. The summed E-state index contributed by atoms with van der Waals surface area (Å²) < 4.78 is 27.3. The topological polar surface area (TPSA) is 49.4 Å². The van der Waals surface area contributed by atoms with Crippen LogP contribution in [0.1, 0.15) is 24.1 Å². The Morgan fingerprint density at radius 2 is 2.06 bits per heavy atom. The smallest absolute Gasteiger partial charge is 0.245 e. The molecule has 1 aliphatic heterocycles. The Morgan fingerprint density at radius 3 is 2.67 bits per heavy atom. The first-order chi connectivity index (χ1) is 8.55. The lowest BCUT2D eigenvalue weighted by Gasteiger charge is -2.25. The second-order valence-corrected chi connectivity index (χ2v) is 8.71. The number of halogens is 1. The van der Waals surface area contributed by atoms with Gasteiger partial charge in [0, 0.05) is 24.5 Å². The number of sulfonamides is 1. The highest BCUT2D eigenvalue weighted by molar-refractivity contribution is 9.11. The molecule has 4 nitrogen and oxygen atoms in total. The van der Waals surface area contributed by atoms with Crippen molar-refractivity contribution in [3.05, 3.63) is 14.7 Å². The van der Waals surface area contributed by atoms with Crippen molar-refractivity contribution >= 4 is 37.3 Å². The Kier molecular flexibility index (Phi) is 4.82. The maximum absolute atomic E-state index is 12.5. The van der Waals surface area contributed by atoms with Gasteiger partial charge in [-0.1, -0.05) is 6.42 Å². The monoisotopic (exact) mass is 352 g/mol. The second kappa shape index (κ2) is 6.00. The third kappa shape index (κ3) is 2.96. The van der Waals surface area contributed by atoms with Crippen LogP contribution in [0.15, 0.2) is 14.7 Å². The summed E-state index contributed by atoms with van der Waals surface area (Å²) in [6, 6.07) is 1.77. The Balaban J connectivity index is 2.28. The van der Waals surface area contributed by atoms with E-state index in [1.165, 1.54) is 11.3 Å². The van der Waals surface area contributed by atoms with Gasteiger partial charge in [0.2, 0.25) is 10.0 Å². The van der Waals surface area contributed by atoms with Crippen molar-refractivity contribution in [1.82, 2.24) is 9.62 Å². The number of rotatable bonds is 4. The fraction of sp³-hybridized carbons (Fsp3) is 0.636. The lowest BCUT2D eigenvalue weighted by Crippen LogP contribution is -2.35. The van der Waals surface area contributed by atoms with E-state index in [2.05, 4.69) is 21.2 Å². The average Bonchev–Trinajstić information content (AvgIpc) is 2.73. The zero-order chi connectivity index (χ0) is 13.2. The van der Waals surface area contributed by atoms with Gasteiger partial charge in [0.15, 0.2) is 0 Å². The molecule has 2 rings (SSSR count).